The summed E-state index contributed by atoms with van der Waals surface area (Å²) in [5, 5.41) is 0.735. The van der Waals surface area contributed by atoms with E-state index in [1.54, 1.807) is 36.5 Å². The average molecular weight is 416 g/mol. The Hall–Kier alpha value is -1.18. The average Bonchev–Trinajstić information content (AvgIpc) is 2.77. The maximum Gasteiger partial charge on any atom is 0.269 e. The summed E-state index contributed by atoms with van der Waals surface area (Å²) >= 11 is 6.70. The third kappa shape index (κ3) is 2.19. The molecule has 7 heteroatoms. The fraction of sp³-hybridized carbons (Fsp3) is 0. The molecule has 3 aromatic rings. The number of fused-ring (bicyclic) bond motifs is 1. The number of pyridine rings is 1. The minimum Gasteiger partial charge on any atom is -0.236 e. The number of halogens is 2. The van der Waals surface area contributed by atoms with Gasteiger partial charge in [0.15, 0.2) is 5.65 Å². The smallest absolute Gasteiger partial charge is 0.236 e. The zero-order valence-corrected chi connectivity index (χ0v) is 14.0. The van der Waals surface area contributed by atoms with Crippen LogP contribution in [0.15, 0.2) is 62.6 Å². The van der Waals surface area contributed by atoms with Crippen molar-refractivity contribution in [1.82, 2.24) is 8.96 Å². The molecule has 1 aromatic carbocycles. The Morgan fingerprint density at radius 2 is 1.80 bits per heavy atom. The molecule has 3 rings (SSSR count). The summed E-state index contributed by atoms with van der Waals surface area (Å²) in [4.78, 5) is 4.43. The van der Waals surface area contributed by atoms with E-state index in [2.05, 4.69) is 36.8 Å². The molecule has 0 atom stereocenters. The van der Waals surface area contributed by atoms with Crippen LogP contribution in [-0.4, -0.2) is 17.4 Å². The molecular formula is C13H8Br2N2O2S. The van der Waals surface area contributed by atoms with Crippen molar-refractivity contribution in [3.05, 3.63) is 57.7 Å². The van der Waals surface area contributed by atoms with Crippen LogP contribution < -0.4 is 0 Å². The summed E-state index contributed by atoms with van der Waals surface area (Å²) in [6, 6.07) is 10.1. The highest BCUT2D eigenvalue weighted by atomic mass is 79.9. The predicted molar refractivity (Wildman–Crippen MR) is 84.2 cm³/mol. The van der Waals surface area contributed by atoms with Gasteiger partial charge >= 0.3 is 0 Å². The van der Waals surface area contributed by atoms with Gasteiger partial charge in [0.1, 0.15) is 0 Å². The summed E-state index contributed by atoms with van der Waals surface area (Å²) in [5.74, 6) is 0. The highest BCUT2D eigenvalue weighted by Gasteiger charge is 2.21. The van der Waals surface area contributed by atoms with E-state index in [0.717, 1.165) is 9.86 Å². The Balaban J connectivity index is 2.31. The molecule has 0 radical (unpaired) electrons. The van der Waals surface area contributed by atoms with Gasteiger partial charge in [-0.05, 0) is 50.1 Å². The molecule has 0 bridgehead atoms. The lowest BCUT2D eigenvalue weighted by molar-refractivity contribution is 0.588. The zero-order chi connectivity index (χ0) is 14.3. The van der Waals surface area contributed by atoms with Crippen LogP contribution in [0.4, 0.5) is 0 Å². The number of benzene rings is 1. The van der Waals surface area contributed by atoms with Gasteiger partial charge in [0.05, 0.1) is 4.90 Å². The molecule has 0 fully saturated rings. The lowest BCUT2D eigenvalue weighted by Gasteiger charge is -2.06. The van der Waals surface area contributed by atoms with E-state index < -0.39 is 10.0 Å². The third-order valence-corrected chi connectivity index (χ3v) is 5.56. The van der Waals surface area contributed by atoms with Crippen molar-refractivity contribution < 1.29 is 8.42 Å². The zero-order valence-electron chi connectivity index (χ0n) is 9.99. The van der Waals surface area contributed by atoms with Gasteiger partial charge < -0.3 is 0 Å². The van der Waals surface area contributed by atoms with Crippen LogP contribution in [0.5, 0.6) is 0 Å². The molecule has 0 aliphatic rings. The highest BCUT2D eigenvalue weighted by Crippen LogP contribution is 2.29. The maximum absolute atomic E-state index is 12.6. The van der Waals surface area contributed by atoms with Crippen LogP contribution in [0.25, 0.3) is 11.0 Å². The number of rotatable bonds is 2. The Labute approximate surface area is 132 Å². The van der Waals surface area contributed by atoms with Crippen LogP contribution in [0.1, 0.15) is 0 Å². The normalized spacial score (nSPS) is 11.9. The van der Waals surface area contributed by atoms with Gasteiger partial charge in [-0.15, -0.1) is 0 Å². The molecule has 4 nitrogen and oxygen atoms in total. The van der Waals surface area contributed by atoms with E-state index in [4.69, 9.17) is 0 Å². The van der Waals surface area contributed by atoms with Crippen molar-refractivity contribution in [3.8, 4) is 0 Å². The first kappa shape index (κ1) is 13.8. The van der Waals surface area contributed by atoms with Crippen LogP contribution in [0, 0.1) is 0 Å². The van der Waals surface area contributed by atoms with Crippen molar-refractivity contribution >= 4 is 52.9 Å². The number of hydrogen-bond acceptors (Lipinski definition) is 3. The monoisotopic (exact) mass is 414 g/mol. The molecule has 0 saturated carbocycles. The fourth-order valence-corrected chi connectivity index (χ4v) is 4.22. The Kier molecular flexibility index (Phi) is 3.43. The van der Waals surface area contributed by atoms with E-state index in [9.17, 15) is 8.42 Å². The highest BCUT2D eigenvalue weighted by molar-refractivity contribution is 9.11. The number of nitrogens with zero attached hydrogens (tertiary/aromatic N) is 2. The molecule has 2 heterocycles. The van der Waals surface area contributed by atoms with E-state index in [1.807, 2.05) is 6.07 Å². The van der Waals surface area contributed by atoms with Crippen molar-refractivity contribution in [2.75, 3.05) is 0 Å². The molecule has 0 saturated heterocycles. The Morgan fingerprint density at radius 3 is 2.50 bits per heavy atom. The second kappa shape index (κ2) is 4.98. The summed E-state index contributed by atoms with van der Waals surface area (Å²) in [7, 11) is -3.65. The van der Waals surface area contributed by atoms with Crippen molar-refractivity contribution in [1.29, 1.82) is 0 Å². The van der Waals surface area contributed by atoms with Gasteiger partial charge in [-0.2, -0.15) is 0 Å². The second-order valence-corrected chi connectivity index (χ2v) is 7.70. The molecule has 2 aromatic heterocycles. The summed E-state index contributed by atoms with van der Waals surface area (Å²) < 4.78 is 27.9. The van der Waals surface area contributed by atoms with Gasteiger partial charge in [0, 0.05) is 26.7 Å². The maximum atomic E-state index is 12.6. The van der Waals surface area contributed by atoms with Gasteiger partial charge in [-0.25, -0.2) is 17.4 Å². The molecule has 0 N–H and O–H groups in total. The minimum atomic E-state index is -3.65. The standard InChI is InChI=1S/C13H8Br2N2O2S/c14-9-6-11-12(15)8-17(13(11)16-7-9)20(18,19)10-4-2-1-3-5-10/h1-8H. The molecule has 0 amide bonds. The first-order chi connectivity index (χ1) is 9.50. The first-order valence-corrected chi connectivity index (χ1v) is 8.65. The Bertz CT molecular complexity index is 889. The number of hydrogen-bond donors (Lipinski definition) is 0. The van der Waals surface area contributed by atoms with E-state index in [1.165, 1.54) is 10.2 Å². The molecule has 102 valence electrons. The lowest BCUT2D eigenvalue weighted by atomic mass is 10.3. The fourth-order valence-electron chi connectivity index (χ4n) is 1.91. The van der Waals surface area contributed by atoms with Crippen LogP contribution in [0.2, 0.25) is 0 Å². The number of aromatic nitrogens is 2. The lowest BCUT2D eigenvalue weighted by Crippen LogP contribution is -2.12. The summed E-state index contributed by atoms with van der Waals surface area (Å²) in [5.41, 5.74) is 0.393. The van der Waals surface area contributed by atoms with E-state index in [0.29, 0.717) is 10.1 Å². The quantitative estimate of drug-likeness (QED) is 0.639. The summed E-state index contributed by atoms with van der Waals surface area (Å²) in [6.45, 7) is 0. The van der Waals surface area contributed by atoms with Gasteiger partial charge in [-0.1, -0.05) is 18.2 Å². The SMILES string of the molecule is O=S(=O)(c1ccccc1)n1cc(Br)c2cc(Br)cnc21. The molecule has 0 spiro atoms. The largest absolute Gasteiger partial charge is 0.269 e. The van der Waals surface area contributed by atoms with Gasteiger partial charge in [-0.3, -0.25) is 0 Å². The van der Waals surface area contributed by atoms with E-state index >= 15 is 0 Å². The first-order valence-electron chi connectivity index (χ1n) is 5.63. The molecule has 20 heavy (non-hydrogen) atoms. The molecule has 0 unspecified atom stereocenters. The molecule has 0 aliphatic carbocycles. The van der Waals surface area contributed by atoms with Crippen molar-refractivity contribution in [2.24, 2.45) is 0 Å². The van der Waals surface area contributed by atoms with Crippen molar-refractivity contribution in [2.45, 2.75) is 4.90 Å². The van der Waals surface area contributed by atoms with Gasteiger partial charge in [0.25, 0.3) is 10.0 Å². The summed E-state index contributed by atoms with van der Waals surface area (Å²) in [6.07, 6.45) is 3.10. The molecular weight excluding hydrogens is 408 g/mol. The molecule has 0 aliphatic heterocycles. The van der Waals surface area contributed by atoms with Crippen LogP contribution in [-0.2, 0) is 10.0 Å². The predicted octanol–water partition coefficient (Wildman–Crippen LogP) is 3.80. The van der Waals surface area contributed by atoms with Gasteiger partial charge in [0.2, 0.25) is 0 Å². The minimum absolute atomic E-state index is 0.231. The van der Waals surface area contributed by atoms with E-state index in [-0.39, 0.29) is 4.90 Å². The van der Waals surface area contributed by atoms with Crippen molar-refractivity contribution in [3.63, 3.8) is 0 Å². The Morgan fingerprint density at radius 1 is 1.10 bits per heavy atom. The van der Waals surface area contributed by atoms with Crippen LogP contribution in [0.3, 0.4) is 0 Å². The van der Waals surface area contributed by atoms with Crippen LogP contribution >= 0.6 is 31.9 Å². The second-order valence-electron chi connectivity index (χ2n) is 4.12. The topological polar surface area (TPSA) is 52.0 Å². The third-order valence-electron chi connectivity index (χ3n) is 2.83.